The standard InChI is InChI=1S/C51H86O10/c1-3-5-7-9-11-13-15-17-19-21-22-24-25-27-29-31-33-35-37-39-46(53)58-42-44(43-59-51-50(57)49(56)48(55)45(41-52)61-51)60-47(54)40-38-36-34-32-30-28-26-23-20-18-16-14-12-10-8-6-4-2/h8,10-11,13-14,16-17,19-20,23,28,30,44-45,48-52,55-57H,3-7,9,12,15,18,21-22,24-27,29,31-43H2,1-2H3/b10-8+,13-11+,16-14+,19-17+,23-20+,30-28+/t44-,45-,48+,49?,50?,51-/m0/s1. The van der Waals surface area contributed by atoms with Crippen LogP contribution in [0.25, 0.3) is 0 Å². The molecule has 0 amide bonds. The molecule has 1 rings (SSSR count). The van der Waals surface area contributed by atoms with Gasteiger partial charge >= 0.3 is 11.9 Å². The Morgan fingerprint density at radius 1 is 0.508 bits per heavy atom. The summed E-state index contributed by atoms with van der Waals surface area (Å²) in [5.41, 5.74) is 0. The zero-order valence-corrected chi connectivity index (χ0v) is 38.1. The fourth-order valence-corrected chi connectivity index (χ4v) is 6.74. The number of ether oxygens (including phenoxy) is 4. The number of aliphatic hydroxyl groups excluding tert-OH is 4. The molecule has 4 N–H and O–H groups in total. The SMILES string of the molecule is CCC/C=C/C/C=C/C/C=C/C/C=C/CCCCCC(=O)O[C@@H](COC(=O)CCCCCCCCCCC/C=C/C/C=C/CCCCC)CO[C@H]1O[C@@H](CO)[C@@H](O)C(O)C1O. The molecule has 0 aliphatic carbocycles. The van der Waals surface area contributed by atoms with Crippen molar-refractivity contribution in [2.24, 2.45) is 0 Å². The maximum absolute atomic E-state index is 12.8. The Bertz CT molecular complexity index is 1220. The van der Waals surface area contributed by atoms with Crippen LogP contribution in [0.15, 0.2) is 72.9 Å². The third-order valence-corrected chi connectivity index (χ3v) is 10.5. The zero-order chi connectivity index (χ0) is 44.4. The van der Waals surface area contributed by atoms with Crippen molar-refractivity contribution in [1.82, 2.24) is 0 Å². The molecular formula is C51H86O10. The predicted octanol–water partition coefficient (Wildman–Crippen LogP) is 10.8. The van der Waals surface area contributed by atoms with E-state index in [9.17, 15) is 30.0 Å². The average molecular weight is 859 g/mol. The lowest BCUT2D eigenvalue weighted by atomic mass is 9.99. The van der Waals surface area contributed by atoms with E-state index < -0.39 is 55.4 Å². The van der Waals surface area contributed by atoms with Gasteiger partial charge in [-0.1, -0.05) is 157 Å². The summed E-state index contributed by atoms with van der Waals surface area (Å²) in [7, 11) is 0. The Balaban J connectivity index is 2.33. The average Bonchev–Trinajstić information content (AvgIpc) is 3.26. The summed E-state index contributed by atoms with van der Waals surface area (Å²) in [6.45, 7) is 3.29. The second-order valence-electron chi connectivity index (χ2n) is 16.2. The van der Waals surface area contributed by atoms with Crippen molar-refractivity contribution < 1.29 is 49.0 Å². The van der Waals surface area contributed by atoms with Gasteiger partial charge in [-0.05, 0) is 83.5 Å². The van der Waals surface area contributed by atoms with Crippen LogP contribution in [0.5, 0.6) is 0 Å². The summed E-state index contributed by atoms with van der Waals surface area (Å²) >= 11 is 0. The van der Waals surface area contributed by atoms with Crippen LogP contribution in [0.2, 0.25) is 0 Å². The number of hydrogen-bond acceptors (Lipinski definition) is 10. The van der Waals surface area contributed by atoms with Crippen LogP contribution >= 0.6 is 0 Å². The highest BCUT2D eigenvalue weighted by molar-refractivity contribution is 5.70. The molecule has 61 heavy (non-hydrogen) atoms. The first-order valence-electron chi connectivity index (χ1n) is 24.0. The van der Waals surface area contributed by atoms with E-state index in [1.165, 1.54) is 64.2 Å². The Labute approximate surface area is 370 Å². The molecule has 1 aliphatic heterocycles. The monoisotopic (exact) mass is 859 g/mol. The summed E-state index contributed by atoms with van der Waals surface area (Å²) in [6.07, 6.45) is 44.7. The minimum Gasteiger partial charge on any atom is -0.462 e. The number of allylic oxidation sites excluding steroid dienone is 12. The van der Waals surface area contributed by atoms with E-state index in [-0.39, 0.29) is 26.1 Å². The van der Waals surface area contributed by atoms with Crippen LogP contribution in [-0.2, 0) is 28.5 Å². The Kier molecular flexibility index (Phi) is 37.9. The van der Waals surface area contributed by atoms with E-state index in [4.69, 9.17) is 18.9 Å². The number of carbonyl (C=O) groups is 2. The predicted molar refractivity (Wildman–Crippen MR) is 247 cm³/mol. The molecular weight excluding hydrogens is 773 g/mol. The number of carbonyl (C=O) groups excluding carboxylic acids is 2. The molecule has 0 aromatic carbocycles. The number of aliphatic hydroxyl groups is 4. The largest absolute Gasteiger partial charge is 0.462 e. The van der Waals surface area contributed by atoms with Crippen molar-refractivity contribution in [2.75, 3.05) is 19.8 Å². The van der Waals surface area contributed by atoms with Crippen LogP contribution in [0.3, 0.4) is 0 Å². The molecule has 1 fully saturated rings. The lowest BCUT2D eigenvalue weighted by Gasteiger charge is -2.39. The van der Waals surface area contributed by atoms with E-state index in [0.717, 1.165) is 77.0 Å². The van der Waals surface area contributed by atoms with E-state index >= 15 is 0 Å². The molecule has 1 heterocycles. The minimum atomic E-state index is -1.61. The molecule has 6 atom stereocenters. The number of rotatable bonds is 39. The molecule has 1 aliphatic rings. The van der Waals surface area contributed by atoms with Crippen molar-refractivity contribution in [3.8, 4) is 0 Å². The second-order valence-corrected chi connectivity index (χ2v) is 16.2. The van der Waals surface area contributed by atoms with Gasteiger partial charge in [-0.15, -0.1) is 0 Å². The third kappa shape index (κ3) is 32.5. The molecule has 10 heteroatoms. The van der Waals surface area contributed by atoms with Gasteiger partial charge in [0.1, 0.15) is 31.0 Å². The van der Waals surface area contributed by atoms with Gasteiger partial charge in [0, 0.05) is 12.8 Å². The van der Waals surface area contributed by atoms with Crippen molar-refractivity contribution in [1.29, 1.82) is 0 Å². The summed E-state index contributed by atoms with van der Waals surface area (Å²) in [6, 6.07) is 0. The minimum absolute atomic E-state index is 0.188. The Morgan fingerprint density at radius 2 is 0.951 bits per heavy atom. The molecule has 1 saturated heterocycles. The highest BCUT2D eigenvalue weighted by atomic mass is 16.7. The van der Waals surface area contributed by atoms with Crippen molar-refractivity contribution >= 4 is 11.9 Å². The number of hydrogen-bond donors (Lipinski definition) is 4. The lowest BCUT2D eigenvalue weighted by molar-refractivity contribution is -0.305. The maximum Gasteiger partial charge on any atom is 0.306 e. The van der Waals surface area contributed by atoms with Crippen LogP contribution in [0, 0.1) is 0 Å². The van der Waals surface area contributed by atoms with Gasteiger partial charge in [0.25, 0.3) is 0 Å². The van der Waals surface area contributed by atoms with Gasteiger partial charge in [0.05, 0.1) is 13.2 Å². The molecule has 0 aromatic rings. The Morgan fingerprint density at radius 3 is 1.46 bits per heavy atom. The van der Waals surface area contributed by atoms with Gasteiger partial charge in [-0.25, -0.2) is 0 Å². The zero-order valence-electron chi connectivity index (χ0n) is 38.1. The van der Waals surface area contributed by atoms with Crippen LogP contribution in [0.4, 0.5) is 0 Å². The van der Waals surface area contributed by atoms with Gasteiger partial charge in [-0.2, -0.15) is 0 Å². The fourth-order valence-electron chi connectivity index (χ4n) is 6.74. The molecule has 0 radical (unpaired) electrons. The fraction of sp³-hybridized carbons (Fsp3) is 0.725. The van der Waals surface area contributed by atoms with E-state index in [0.29, 0.717) is 12.8 Å². The van der Waals surface area contributed by atoms with Gasteiger partial charge < -0.3 is 39.4 Å². The summed E-state index contributed by atoms with van der Waals surface area (Å²) in [5, 5.41) is 40.1. The van der Waals surface area contributed by atoms with Crippen LogP contribution < -0.4 is 0 Å². The topological polar surface area (TPSA) is 152 Å². The molecule has 0 spiro atoms. The molecule has 0 saturated carbocycles. The highest BCUT2D eigenvalue weighted by Gasteiger charge is 2.44. The second kappa shape index (κ2) is 41.2. The van der Waals surface area contributed by atoms with Gasteiger partial charge in [0.15, 0.2) is 12.4 Å². The first-order chi connectivity index (χ1) is 29.8. The summed E-state index contributed by atoms with van der Waals surface area (Å²) in [4.78, 5) is 25.4. The van der Waals surface area contributed by atoms with E-state index in [1.807, 2.05) is 0 Å². The van der Waals surface area contributed by atoms with E-state index in [2.05, 4.69) is 86.8 Å². The molecule has 0 aromatic heterocycles. The summed E-state index contributed by atoms with van der Waals surface area (Å²) in [5.74, 6) is -0.851. The van der Waals surface area contributed by atoms with E-state index in [1.54, 1.807) is 0 Å². The lowest BCUT2D eigenvalue weighted by Crippen LogP contribution is -2.59. The first-order valence-corrected chi connectivity index (χ1v) is 24.0. The molecule has 2 unspecified atom stereocenters. The first kappa shape index (κ1) is 56.2. The molecule has 0 bridgehead atoms. The molecule has 10 nitrogen and oxygen atoms in total. The smallest absolute Gasteiger partial charge is 0.306 e. The van der Waals surface area contributed by atoms with Crippen molar-refractivity contribution in [2.45, 2.75) is 218 Å². The van der Waals surface area contributed by atoms with Crippen LogP contribution in [-0.4, -0.2) is 89.0 Å². The van der Waals surface area contributed by atoms with Gasteiger partial charge in [-0.3, -0.25) is 9.59 Å². The highest BCUT2D eigenvalue weighted by Crippen LogP contribution is 2.22. The normalized spacial score (nSPS) is 20.4. The van der Waals surface area contributed by atoms with Crippen molar-refractivity contribution in [3.63, 3.8) is 0 Å². The molecule has 350 valence electrons. The van der Waals surface area contributed by atoms with Crippen LogP contribution in [0.1, 0.15) is 181 Å². The number of esters is 2. The summed E-state index contributed by atoms with van der Waals surface area (Å²) < 4.78 is 22.2. The van der Waals surface area contributed by atoms with Crippen molar-refractivity contribution in [3.05, 3.63) is 72.9 Å². The Hall–Kier alpha value is -2.86. The third-order valence-electron chi connectivity index (χ3n) is 10.5. The van der Waals surface area contributed by atoms with Gasteiger partial charge in [0.2, 0.25) is 0 Å². The quantitative estimate of drug-likeness (QED) is 0.0267. The maximum atomic E-state index is 12.8. The number of unbranched alkanes of at least 4 members (excludes halogenated alkanes) is 16.